The van der Waals surface area contributed by atoms with Gasteiger partial charge >= 0.3 is 0 Å². The average molecular weight is 262 g/mol. The van der Waals surface area contributed by atoms with Crippen molar-refractivity contribution in [1.29, 1.82) is 0 Å². The lowest BCUT2D eigenvalue weighted by Crippen LogP contribution is -2.06. The Balaban J connectivity index is 1.97. The lowest BCUT2D eigenvalue weighted by molar-refractivity contribution is 0.858. The summed E-state index contributed by atoms with van der Waals surface area (Å²) in [5.74, 6) is 0.574. The smallest absolute Gasteiger partial charge is 0.225 e. The van der Waals surface area contributed by atoms with Gasteiger partial charge in [0.2, 0.25) is 5.13 Å². The number of aryl methyl sites for hydroxylation is 1. The van der Waals surface area contributed by atoms with Gasteiger partial charge in [-0.25, -0.2) is 0 Å². The summed E-state index contributed by atoms with van der Waals surface area (Å²) < 4.78 is 3.72. The van der Waals surface area contributed by atoms with Crippen LogP contribution in [0.25, 0.3) is 0 Å². The number of aromatic nitrogens is 3. The molecule has 0 spiro atoms. The molecule has 0 aliphatic carbocycles. The Kier molecular flexibility index (Phi) is 4.25. The molecule has 1 aromatic carbocycles. The Hall–Kier alpha value is -1.49. The van der Waals surface area contributed by atoms with Crippen LogP contribution in [0.3, 0.4) is 0 Å². The van der Waals surface area contributed by atoms with E-state index in [4.69, 9.17) is 0 Å². The lowest BCUT2D eigenvalue weighted by atomic mass is 9.96. The van der Waals surface area contributed by atoms with Crippen LogP contribution < -0.4 is 5.32 Å². The summed E-state index contributed by atoms with van der Waals surface area (Å²) in [5, 5.41) is 11.4. The summed E-state index contributed by atoms with van der Waals surface area (Å²) >= 11 is 1.29. The number of nitrogens with one attached hydrogen (secondary N) is 1. The molecule has 1 heterocycles. The van der Waals surface area contributed by atoms with Crippen LogP contribution in [0.5, 0.6) is 0 Å². The van der Waals surface area contributed by atoms with Crippen LogP contribution in [-0.2, 0) is 6.42 Å². The Bertz CT molecular complexity index is 494. The number of anilines is 1. The molecule has 2 rings (SSSR count). The molecular weight excluding hydrogens is 244 g/mol. The van der Waals surface area contributed by atoms with Crippen molar-refractivity contribution in [2.45, 2.75) is 33.1 Å². The quantitative estimate of drug-likeness (QED) is 0.900. The van der Waals surface area contributed by atoms with Gasteiger partial charge in [-0.05, 0) is 41.2 Å². The third kappa shape index (κ3) is 3.26. The highest BCUT2D eigenvalue weighted by Gasteiger charge is 2.04. The summed E-state index contributed by atoms with van der Waals surface area (Å²) in [6.45, 7) is 7.46. The van der Waals surface area contributed by atoms with E-state index in [9.17, 15) is 0 Å². The van der Waals surface area contributed by atoms with Gasteiger partial charge < -0.3 is 5.32 Å². The van der Waals surface area contributed by atoms with Gasteiger partial charge in [0.05, 0.1) is 0 Å². The van der Waals surface area contributed by atoms with Gasteiger partial charge in [-0.3, -0.25) is 0 Å². The third-order valence-electron chi connectivity index (χ3n) is 3.01. The lowest BCUT2D eigenvalue weighted by Gasteiger charge is -2.11. The fraction of sp³-hybridized carbons (Fsp3) is 0.462. The molecule has 1 N–H and O–H groups in total. The summed E-state index contributed by atoms with van der Waals surface area (Å²) in [6, 6.07) is 6.72. The minimum Gasteiger partial charge on any atom is -0.359 e. The Morgan fingerprint density at radius 2 is 2.17 bits per heavy atom. The number of hydrogen-bond donors (Lipinski definition) is 1. The third-order valence-corrected chi connectivity index (χ3v) is 3.56. The van der Waals surface area contributed by atoms with Crippen molar-refractivity contribution in [2.75, 3.05) is 11.9 Å². The second-order valence-electron chi connectivity index (χ2n) is 4.68. The van der Waals surface area contributed by atoms with Crippen molar-refractivity contribution in [3.8, 4) is 0 Å². The van der Waals surface area contributed by atoms with E-state index in [2.05, 4.69) is 59.1 Å². The standard InChI is InChI=1S/C13H18N4S/c1-9(2)11-5-4-10(3)12(8-11)6-7-14-13-15-16-17-18-13/h4-5,8-9H,6-7H2,1-3H3,(H,14,15,17). The second-order valence-corrected chi connectivity index (χ2v) is 5.42. The first kappa shape index (κ1) is 13.0. The highest BCUT2D eigenvalue weighted by atomic mass is 32.1. The molecule has 1 aromatic heterocycles. The van der Waals surface area contributed by atoms with Gasteiger partial charge in [0.25, 0.3) is 0 Å². The first-order valence-corrected chi connectivity index (χ1v) is 6.92. The predicted molar refractivity (Wildman–Crippen MR) is 75.2 cm³/mol. The number of hydrogen-bond acceptors (Lipinski definition) is 5. The molecule has 0 bridgehead atoms. The zero-order chi connectivity index (χ0) is 13.0. The van der Waals surface area contributed by atoms with E-state index in [0.29, 0.717) is 5.92 Å². The van der Waals surface area contributed by atoms with E-state index < -0.39 is 0 Å². The average Bonchev–Trinajstić information content (AvgIpc) is 2.84. The topological polar surface area (TPSA) is 50.7 Å². The molecule has 0 saturated carbocycles. The number of benzene rings is 1. The molecule has 96 valence electrons. The molecule has 5 heteroatoms. The van der Waals surface area contributed by atoms with Gasteiger partial charge in [0.15, 0.2) is 0 Å². The first-order valence-electron chi connectivity index (χ1n) is 6.15. The molecule has 0 saturated heterocycles. The normalized spacial score (nSPS) is 10.9. The van der Waals surface area contributed by atoms with E-state index >= 15 is 0 Å². The van der Waals surface area contributed by atoms with Crippen LogP contribution in [0, 0.1) is 6.92 Å². The monoisotopic (exact) mass is 262 g/mol. The molecule has 0 fully saturated rings. The summed E-state index contributed by atoms with van der Waals surface area (Å²) in [7, 11) is 0. The van der Waals surface area contributed by atoms with E-state index in [0.717, 1.165) is 18.1 Å². The second kappa shape index (κ2) is 5.91. The van der Waals surface area contributed by atoms with Crippen LogP contribution in [0.4, 0.5) is 5.13 Å². The van der Waals surface area contributed by atoms with Crippen molar-refractivity contribution in [3.63, 3.8) is 0 Å². The van der Waals surface area contributed by atoms with E-state index in [1.54, 1.807) is 0 Å². The van der Waals surface area contributed by atoms with Crippen molar-refractivity contribution in [1.82, 2.24) is 14.8 Å². The van der Waals surface area contributed by atoms with Crippen molar-refractivity contribution >= 4 is 16.7 Å². The molecule has 2 aromatic rings. The van der Waals surface area contributed by atoms with Crippen LogP contribution >= 0.6 is 11.5 Å². The fourth-order valence-corrected chi connectivity index (χ4v) is 2.22. The molecule has 0 amide bonds. The van der Waals surface area contributed by atoms with Gasteiger partial charge in [0.1, 0.15) is 0 Å². The largest absolute Gasteiger partial charge is 0.359 e. The number of rotatable bonds is 5. The molecule has 0 aliphatic rings. The Labute approximate surface area is 112 Å². The summed E-state index contributed by atoms with van der Waals surface area (Å²) in [4.78, 5) is 0. The maximum absolute atomic E-state index is 3.86. The molecular formula is C13H18N4S. The predicted octanol–water partition coefficient (Wildman–Crippen LogP) is 3.02. The van der Waals surface area contributed by atoms with Gasteiger partial charge in [-0.15, -0.1) is 0 Å². The van der Waals surface area contributed by atoms with E-state index in [-0.39, 0.29) is 0 Å². The van der Waals surface area contributed by atoms with E-state index in [1.165, 1.54) is 28.2 Å². The van der Waals surface area contributed by atoms with Crippen molar-refractivity contribution in [3.05, 3.63) is 34.9 Å². The van der Waals surface area contributed by atoms with Gasteiger partial charge in [0, 0.05) is 18.1 Å². The molecule has 0 aliphatic heterocycles. The fourth-order valence-electron chi connectivity index (χ4n) is 1.83. The number of nitrogens with zero attached hydrogens (tertiary/aromatic N) is 3. The highest BCUT2D eigenvalue weighted by Crippen LogP contribution is 2.19. The van der Waals surface area contributed by atoms with Gasteiger partial charge in [-0.1, -0.05) is 41.6 Å². The first-order chi connectivity index (χ1) is 8.66. The highest BCUT2D eigenvalue weighted by molar-refractivity contribution is 7.09. The molecule has 0 unspecified atom stereocenters. The zero-order valence-corrected chi connectivity index (χ0v) is 11.8. The van der Waals surface area contributed by atoms with Crippen LogP contribution in [0.2, 0.25) is 0 Å². The van der Waals surface area contributed by atoms with Gasteiger partial charge in [-0.2, -0.15) is 0 Å². The molecule has 18 heavy (non-hydrogen) atoms. The van der Waals surface area contributed by atoms with Crippen molar-refractivity contribution in [2.24, 2.45) is 0 Å². The maximum atomic E-state index is 3.86. The molecule has 0 radical (unpaired) electrons. The Morgan fingerprint density at radius 1 is 1.33 bits per heavy atom. The molecule has 0 atom stereocenters. The zero-order valence-electron chi connectivity index (χ0n) is 11.0. The van der Waals surface area contributed by atoms with E-state index in [1.807, 2.05) is 0 Å². The van der Waals surface area contributed by atoms with Crippen LogP contribution in [0.1, 0.15) is 36.5 Å². The maximum Gasteiger partial charge on any atom is 0.225 e. The van der Waals surface area contributed by atoms with Crippen LogP contribution in [-0.4, -0.2) is 21.3 Å². The SMILES string of the molecule is Cc1ccc(C(C)C)cc1CCNc1nnns1. The van der Waals surface area contributed by atoms with Crippen molar-refractivity contribution < 1.29 is 0 Å². The minimum absolute atomic E-state index is 0.574. The Morgan fingerprint density at radius 3 is 2.83 bits per heavy atom. The summed E-state index contributed by atoms with van der Waals surface area (Å²) in [6.07, 6.45) is 0.992. The van der Waals surface area contributed by atoms with Crippen LogP contribution in [0.15, 0.2) is 18.2 Å². The summed E-state index contributed by atoms with van der Waals surface area (Å²) in [5.41, 5.74) is 4.14. The minimum atomic E-state index is 0.574. The molecule has 4 nitrogen and oxygen atoms in total.